The number of carbonyl (C=O) groups is 1. The standard InChI is InChI=1S/C27H22FN3O2/c1-17-7-11-20(12-8-17)25-24(26(32)21-13-9-18(2)10-14-21)16-31(27(33)29-25)30-19(3)22-5-4-6-23(28)15-22/h4-16H,1-3H3/b30-19+. The molecule has 1 aromatic heterocycles. The van der Waals surface area contributed by atoms with Crippen molar-refractivity contribution >= 4 is 11.5 Å². The lowest BCUT2D eigenvalue weighted by Crippen LogP contribution is -2.24. The Morgan fingerprint density at radius 2 is 1.55 bits per heavy atom. The highest BCUT2D eigenvalue weighted by molar-refractivity contribution is 6.12. The monoisotopic (exact) mass is 439 g/mol. The van der Waals surface area contributed by atoms with E-state index in [9.17, 15) is 14.0 Å². The lowest BCUT2D eigenvalue weighted by atomic mass is 9.98. The summed E-state index contributed by atoms with van der Waals surface area (Å²) in [7, 11) is 0. The molecule has 0 aliphatic carbocycles. The maximum Gasteiger partial charge on any atom is 0.368 e. The Morgan fingerprint density at radius 3 is 2.18 bits per heavy atom. The van der Waals surface area contributed by atoms with E-state index in [1.807, 2.05) is 50.2 Å². The summed E-state index contributed by atoms with van der Waals surface area (Å²) in [6, 6.07) is 20.6. The van der Waals surface area contributed by atoms with Crippen molar-refractivity contribution in [3.63, 3.8) is 0 Å². The van der Waals surface area contributed by atoms with E-state index in [1.165, 1.54) is 18.3 Å². The Labute approximate surface area is 190 Å². The van der Waals surface area contributed by atoms with Crippen LogP contribution in [0.5, 0.6) is 0 Å². The number of rotatable bonds is 5. The fourth-order valence-corrected chi connectivity index (χ4v) is 3.41. The highest BCUT2D eigenvalue weighted by Gasteiger charge is 2.19. The van der Waals surface area contributed by atoms with E-state index < -0.39 is 11.5 Å². The number of halogens is 1. The summed E-state index contributed by atoms with van der Waals surface area (Å²) in [5, 5.41) is 4.31. The van der Waals surface area contributed by atoms with Gasteiger partial charge in [-0.25, -0.2) is 9.18 Å². The van der Waals surface area contributed by atoms with Crippen LogP contribution in [0, 0.1) is 19.7 Å². The van der Waals surface area contributed by atoms with Gasteiger partial charge in [0.15, 0.2) is 5.78 Å². The van der Waals surface area contributed by atoms with Crippen LogP contribution in [0.3, 0.4) is 0 Å². The Bertz CT molecular complexity index is 1420. The number of hydrogen-bond donors (Lipinski definition) is 0. The number of ketones is 1. The molecular weight excluding hydrogens is 417 g/mol. The molecule has 1 heterocycles. The topological polar surface area (TPSA) is 64.3 Å². The van der Waals surface area contributed by atoms with E-state index in [-0.39, 0.29) is 11.3 Å². The molecule has 0 bridgehead atoms. The summed E-state index contributed by atoms with van der Waals surface area (Å²) in [5.41, 5.74) is 4.06. The van der Waals surface area contributed by atoms with E-state index in [4.69, 9.17) is 0 Å². The first-order valence-corrected chi connectivity index (χ1v) is 10.5. The fraction of sp³-hybridized carbons (Fsp3) is 0.111. The second kappa shape index (κ2) is 9.12. The van der Waals surface area contributed by atoms with Gasteiger partial charge in [0.25, 0.3) is 0 Å². The van der Waals surface area contributed by atoms with Crippen LogP contribution in [0.4, 0.5) is 4.39 Å². The first-order chi connectivity index (χ1) is 15.8. The van der Waals surface area contributed by atoms with Crippen LogP contribution < -0.4 is 5.69 Å². The Kier molecular flexibility index (Phi) is 6.09. The van der Waals surface area contributed by atoms with Gasteiger partial charge in [-0.1, -0.05) is 71.8 Å². The predicted octanol–water partition coefficient (Wildman–Crippen LogP) is 5.17. The Balaban J connectivity index is 1.88. The fourth-order valence-electron chi connectivity index (χ4n) is 3.41. The van der Waals surface area contributed by atoms with Crippen molar-refractivity contribution in [1.82, 2.24) is 9.66 Å². The van der Waals surface area contributed by atoms with Crippen molar-refractivity contribution in [2.24, 2.45) is 5.10 Å². The molecule has 164 valence electrons. The first kappa shape index (κ1) is 22.0. The number of hydrogen-bond acceptors (Lipinski definition) is 4. The normalized spacial score (nSPS) is 11.5. The highest BCUT2D eigenvalue weighted by Crippen LogP contribution is 2.23. The number of nitrogens with zero attached hydrogens (tertiary/aromatic N) is 3. The number of aromatic nitrogens is 2. The minimum Gasteiger partial charge on any atom is -0.288 e. The van der Waals surface area contributed by atoms with Gasteiger partial charge < -0.3 is 0 Å². The van der Waals surface area contributed by atoms with Crippen LogP contribution in [0.2, 0.25) is 0 Å². The van der Waals surface area contributed by atoms with Gasteiger partial charge in [0.05, 0.1) is 17.0 Å². The lowest BCUT2D eigenvalue weighted by Gasteiger charge is -2.11. The SMILES string of the molecule is C/C(=N\n1cc(C(=O)c2ccc(C)cc2)c(-c2ccc(C)cc2)nc1=O)c1cccc(F)c1. The minimum atomic E-state index is -0.637. The molecule has 0 aliphatic heterocycles. The highest BCUT2D eigenvalue weighted by atomic mass is 19.1. The predicted molar refractivity (Wildman–Crippen MR) is 127 cm³/mol. The molecule has 6 heteroatoms. The molecule has 0 unspecified atom stereocenters. The van der Waals surface area contributed by atoms with Crippen molar-refractivity contribution in [2.45, 2.75) is 20.8 Å². The van der Waals surface area contributed by atoms with Crippen LogP contribution in [-0.2, 0) is 0 Å². The van der Waals surface area contributed by atoms with Gasteiger partial charge in [0, 0.05) is 22.9 Å². The number of carbonyl (C=O) groups excluding carboxylic acids is 1. The summed E-state index contributed by atoms with van der Waals surface area (Å²) in [5.74, 6) is -0.678. The molecule has 0 radical (unpaired) electrons. The smallest absolute Gasteiger partial charge is 0.288 e. The zero-order chi connectivity index (χ0) is 23.5. The second-order valence-corrected chi connectivity index (χ2v) is 7.89. The zero-order valence-electron chi connectivity index (χ0n) is 18.5. The van der Waals surface area contributed by atoms with Gasteiger partial charge in [0.2, 0.25) is 0 Å². The molecule has 0 saturated heterocycles. The summed E-state index contributed by atoms with van der Waals surface area (Å²) >= 11 is 0. The molecule has 0 fully saturated rings. The molecule has 0 saturated carbocycles. The van der Waals surface area contributed by atoms with Gasteiger partial charge in [-0.15, -0.1) is 0 Å². The molecule has 0 N–H and O–H groups in total. The average Bonchev–Trinajstić information content (AvgIpc) is 2.80. The van der Waals surface area contributed by atoms with Crippen molar-refractivity contribution in [3.8, 4) is 11.3 Å². The molecule has 33 heavy (non-hydrogen) atoms. The molecular formula is C27H22FN3O2. The Morgan fingerprint density at radius 1 is 0.909 bits per heavy atom. The third kappa shape index (κ3) is 4.85. The first-order valence-electron chi connectivity index (χ1n) is 10.5. The van der Waals surface area contributed by atoms with Crippen molar-refractivity contribution in [2.75, 3.05) is 0 Å². The van der Waals surface area contributed by atoms with Crippen LogP contribution in [0.15, 0.2) is 88.9 Å². The molecule has 5 nitrogen and oxygen atoms in total. The van der Waals surface area contributed by atoms with Crippen LogP contribution in [0.1, 0.15) is 39.5 Å². The maximum absolute atomic E-state index is 13.6. The van der Waals surface area contributed by atoms with Crippen molar-refractivity contribution in [3.05, 3.63) is 123 Å². The molecule has 0 atom stereocenters. The van der Waals surface area contributed by atoms with Gasteiger partial charge in [0.1, 0.15) is 5.82 Å². The zero-order valence-corrected chi connectivity index (χ0v) is 18.5. The average molecular weight is 439 g/mol. The summed E-state index contributed by atoms with van der Waals surface area (Å²) < 4.78 is 14.6. The van der Waals surface area contributed by atoms with Gasteiger partial charge >= 0.3 is 5.69 Å². The number of benzene rings is 3. The van der Waals surface area contributed by atoms with Gasteiger partial charge in [-0.2, -0.15) is 14.8 Å². The molecule has 0 spiro atoms. The summed E-state index contributed by atoms with van der Waals surface area (Å²) in [6.45, 7) is 5.56. The molecule has 4 rings (SSSR count). The third-order valence-electron chi connectivity index (χ3n) is 5.29. The van der Waals surface area contributed by atoms with Crippen LogP contribution >= 0.6 is 0 Å². The second-order valence-electron chi connectivity index (χ2n) is 7.89. The molecule has 0 aliphatic rings. The summed E-state index contributed by atoms with van der Waals surface area (Å²) in [6.07, 6.45) is 1.40. The largest absolute Gasteiger partial charge is 0.368 e. The lowest BCUT2D eigenvalue weighted by molar-refractivity contribution is 0.103. The number of aryl methyl sites for hydroxylation is 2. The van der Waals surface area contributed by atoms with E-state index in [0.29, 0.717) is 28.1 Å². The van der Waals surface area contributed by atoms with Gasteiger partial charge in [-0.05, 0) is 32.9 Å². The van der Waals surface area contributed by atoms with Crippen molar-refractivity contribution < 1.29 is 9.18 Å². The Hall–Kier alpha value is -4.19. The van der Waals surface area contributed by atoms with E-state index in [0.717, 1.165) is 15.8 Å². The molecule has 0 amide bonds. The maximum atomic E-state index is 13.6. The summed E-state index contributed by atoms with van der Waals surface area (Å²) in [4.78, 5) is 30.5. The molecule has 4 aromatic rings. The van der Waals surface area contributed by atoms with E-state index in [2.05, 4.69) is 10.1 Å². The van der Waals surface area contributed by atoms with Gasteiger partial charge in [-0.3, -0.25) is 4.79 Å². The van der Waals surface area contributed by atoms with Crippen LogP contribution in [0.25, 0.3) is 11.3 Å². The van der Waals surface area contributed by atoms with E-state index >= 15 is 0 Å². The third-order valence-corrected chi connectivity index (χ3v) is 5.29. The van der Waals surface area contributed by atoms with E-state index in [1.54, 1.807) is 31.2 Å². The van der Waals surface area contributed by atoms with Crippen LogP contribution in [-0.4, -0.2) is 21.2 Å². The molecule has 3 aromatic carbocycles. The minimum absolute atomic E-state index is 0.248. The van der Waals surface area contributed by atoms with Crippen molar-refractivity contribution in [1.29, 1.82) is 0 Å². The quantitative estimate of drug-likeness (QED) is 0.318.